The first kappa shape index (κ1) is 20.3. The first-order chi connectivity index (χ1) is 14.8. The third-order valence-corrected chi connectivity index (χ3v) is 5.35. The molecule has 158 valence electrons. The van der Waals surface area contributed by atoms with Crippen molar-refractivity contribution in [3.63, 3.8) is 0 Å². The summed E-state index contributed by atoms with van der Waals surface area (Å²) in [6.07, 6.45) is 1.07. The van der Waals surface area contributed by atoms with Crippen LogP contribution in [0, 0.1) is 17.1 Å². The summed E-state index contributed by atoms with van der Waals surface area (Å²) in [5, 5.41) is 14.3. The molecule has 4 rings (SSSR count). The molecule has 0 unspecified atom stereocenters. The number of aromatic nitrogens is 3. The number of fused-ring (bicyclic) bond motifs is 5. The van der Waals surface area contributed by atoms with E-state index in [-0.39, 0.29) is 11.6 Å². The fourth-order valence-corrected chi connectivity index (χ4v) is 3.93. The van der Waals surface area contributed by atoms with E-state index in [1.807, 2.05) is 18.9 Å². The molecule has 0 aliphatic carbocycles. The van der Waals surface area contributed by atoms with Gasteiger partial charge in [0.1, 0.15) is 29.5 Å². The average Bonchev–Trinajstić information content (AvgIpc) is 3.05. The molecule has 9 heteroatoms. The summed E-state index contributed by atoms with van der Waals surface area (Å²) in [6.45, 7) is 2.20. The minimum absolute atomic E-state index is 0.205. The maximum Gasteiger partial charge on any atom is 0.166 e. The maximum absolute atomic E-state index is 14.1. The number of aliphatic imine (C=N–C) groups is 1. The summed E-state index contributed by atoms with van der Waals surface area (Å²) in [5.74, 6) is 0.833. The van der Waals surface area contributed by atoms with Crippen molar-refractivity contribution in [1.82, 2.24) is 19.7 Å². The molecule has 0 spiro atoms. The van der Waals surface area contributed by atoms with Crippen molar-refractivity contribution >= 4 is 11.7 Å². The number of nitrogens with two attached hydrogens (primary N) is 1. The number of nitrogen functional groups attached to an aromatic ring is 1. The van der Waals surface area contributed by atoms with Crippen LogP contribution in [0.1, 0.15) is 35.5 Å². The highest BCUT2D eigenvalue weighted by Gasteiger charge is 2.26. The molecule has 2 bridgehead atoms. The Balaban J connectivity index is 2.01. The summed E-state index contributed by atoms with van der Waals surface area (Å²) in [5.41, 5.74) is 9.86. The molecule has 0 amide bonds. The Morgan fingerprint density at radius 2 is 2.10 bits per heavy atom. The molecule has 1 atom stereocenters. The van der Waals surface area contributed by atoms with Gasteiger partial charge in [-0.25, -0.2) is 9.37 Å². The summed E-state index contributed by atoms with van der Waals surface area (Å²) < 4.78 is 21.8. The summed E-state index contributed by atoms with van der Waals surface area (Å²) in [6, 6.07) is 8.49. The van der Waals surface area contributed by atoms with Crippen LogP contribution in [-0.4, -0.2) is 39.6 Å². The Bertz CT molecular complexity index is 1240. The van der Waals surface area contributed by atoms with Crippen molar-refractivity contribution in [3.8, 4) is 22.9 Å². The zero-order chi connectivity index (χ0) is 22.3. The van der Waals surface area contributed by atoms with E-state index in [1.165, 1.54) is 12.1 Å². The van der Waals surface area contributed by atoms with E-state index in [9.17, 15) is 9.65 Å². The Morgan fingerprint density at radius 1 is 1.32 bits per heavy atom. The third-order valence-electron chi connectivity index (χ3n) is 5.35. The van der Waals surface area contributed by atoms with Gasteiger partial charge in [-0.2, -0.15) is 10.4 Å². The Labute approximate surface area is 179 Å². The van der Waals surface area contributed by atoms with Crippen LogP contribution in [-0.2, 0) is 13.6 Å². The zero-order valence-electron chi connectivity index (χ0n) is 17.7. The van der Waals surface area contributed by atoms with Crippen molar-refractivity contribution in [2.45, 2.75) is 19.6 Å². The lowest BCUT2D eigenvalue weighted by atomic mass is 9.99. The van der Waals surface area contributed by atoms with Crippen molar-refractivity contribution < 1.29 is 9.13 Å². The van der Waals surface area contributed by atoms with Crippen LogP contribution in [0.3, 0.4) is 0 Å². The Hall–Kier alpha value is -3.93. The Morgan fingerprint density at radius 3 is 2.81 bits per heavy atom. The van der Waals surface area contributed by atoms with Gasteiger partial charge < -0.3 is 15.4 Å². The van der Waals surface area contributed by atoms with E-state index in [0.717, 1.165) is 5.56 Å². The topological polar surface area (TPSA) is 105 Å². The molecular formula is C22H22FN7O. The van der Waals surface area contributed by atoms with Crippen LogP contribution in [0.2, 0.25) is 0 Å². The maximum atomic E-state index is 14.1. The molecule has 3 heterocycles. The highest BCUT2D eigenvalue weighted by molar-refractivity contribution is 6.00. The number of nitrogens with zero attached hydrogens (tertiary/aromatic N) is 6. The molecule has 3 aromatic rings. The normalized spacial score (nSPS) is 17.1. The van der Waals surface area contributed by atoms with Gasteiger partial charge in [0.25, 0.3) is 0 Å². The van der Waals surface area contributed by atoms with Gasteiger partial charge in [0.15, 0.2) is 11.6 Å². The minimum atomic E-state index is -0.529. The van der Waals surface area contributed by atoms with E-state index in [0.29, 0.717) is 46.2 Å². The van der Waals surface area contributed by atoms with Gasteiger partial charge in [-0.3, -0.25) is 9.67 Å². The summed E-state index contributed by atoms with van der Waals surface area (Å²) in [7, 11) is 5.28. The smallest absolute Gasteiger partial charge is 0.166 e. The van der Waals surface area contributed by atoms with Crippen LogP contribution in [0.25, 0.3) is 11.1 Å². The molecule has 1 aliphatic heterocycles. The molecule has 2 N–H and O–H groups in total. The number of anilines is 1. The molecule has 1 aromatic carbocycles. The van der Waals surface area contributed by atoms with Crippen LogP contribution in [0.5, 0.6) is 5.75 Å². The monoisotopic (exact) mass is 419 g/mol. The predicted octanol–water partition coefficient (Wildman–Crippen LogP) is 3.04. The number of pyridine rings is 1. The van der Waals surface area contributed by atoms with Gasteiger partial charge in [-0.15, -0.1) is 0 Å². The standard InChI is InChI=1S/C22H22FN7O/c1-12-16-8-14(23)5-6-15(16)22(26-2)29(3)11-17-20(18(9-24)30(4)28-17)13-7-19(31-12)21(25)27-10-13/h5-8,10,12H,11H2,1-4H3,(H2,25,27)/b26-22-/t12-/m1/s1. The molecular weight excluding hydrogens is 397 g/mol. The third kappa shape index (κ3) is 3.46. The molecule has 0 saturated carbocycles. The van der Waals surface area contributed by atoms with Crippen molar-refractivity contribution in [2.24, 2.45) is 12.0 Å². The molecule has 8 nitrogen and oxygen atoms in total. The predicted molar refractivity (Wildman–Crippen MR) is 115 cm³/mol. The number of aryl methyl sites for hydroxylation is 1. The molecule has 0 radical (unpaired) electrons. The fourth-order valence-electron chi connectivity index (χ4n) is 3.93. The van der Waals surface area contributed by atoms with Crippen LogP contribution in [0.4, 0.5) is 10.2 Å². The minimum Gasteiger partial charge on any atom is -0.482 e. The first-order valence-electron chi connectivity index (χ1n) is 9.70. The lowest BCUT2D eigenvalue weighted by Gasteiger charge is -2.26. The van der Waals surface area contributed by atoms with Crippen LogP contribution >= 0.6 is 0 Å². The van der Waals surface area contributed by atoms with Crippen molar-refractivity contribution in [3.05, 3.63) is 58.8 Å². The quantitative estimate of drug-likeness (QED) is 0.600. The average molecular weight is 419 g/mol. The van der Waals surface area contributed by atoms with E-state index in [4.69, 9.17) is 10.5 Å². The number of hydrogen-bond donors (Lipinski definition) is 1. The molecule has 1 aliphatic rings. The number of ether oxygens (including phenoxy) is 1. The van der Waals surface area contributed by atoms with Gasteiger partial charge in [0.2, 0.25) is 0 Å². The van der Waals surface area contributed by atoms with Gasteiger partial charge in [-0.05, 0) is 31.2 Å². The zero-order valence-corrected chi connectivity index (χ0v) is 17.7. The van der Waals surface area contributed by atoms with E-state index >= 15 is 0 Å². The highest BCUT2D eigenvalue weighted by Crippen LogP contribution is 2.35. The molecule has 0 saturated heterocycles. The van der Waals surface area contributed by atoms with E-state index in [1.54, 1.807) is 37.1 Å². The molecule has 2 aromatic heterocycles. The number of rotatable bonds is 0. The number of amidine groups is 1. The molecule has 31 heavy (non-hydrogen) atoms. The number of halogens is 1. The fraction of sp³-hybridized carbons (Fsp3) is 0.273. The lowest BCUT2D eigenvalue weighted by molar-refractivity contribution is 0.226. The van der Waals surface area contributed by atoms with Crippen LogP contribution in [0.15, 0.2) is 35.5 Å². The SMILES string of the molecule is C/N=C1/c2ccc(F)cc2[C@@H](C)Oc2cc(cnc2N)-c2c(nn(C)c2C#N)CN1C. The lowest BCUT2D eigenvalue weighted by Crippen LogP contribution is -2.29. The van der Waals surface area contributed by atoms with Gasteiger partial charge in [0.05, 0.1) is 12.2 Å². The second kappa shape index (κ2) is 7.72. The van der Waals surface area contributed by atoms with Crippen molar-refractivity contribution in [1.29, 1.82) is 5.26 Å². The number of hydrogen-bond acceptors (Lipinski definition) is 6. The van der Waals surface area contributed by atoms with Gasteiger partial charge in [0, 0.05) is 49.6 Å². The van der Waals surface area contributed by atoms with E-state index in [2.05, 4.69) is 21.1 Å². The van der Waals surface area contributed by atoms with Gasteiger partial charge >= 0.3 is 0 Å². The number of nitriles is 1. The van der Waals surface area contributed by atoms with Crippen LogP contribution < -0.4 is 10.5 Å². The Kier molecular flexibility index (Phi) is 5.07. The van der Waals surface area contributed by atoms with Gasteiger partial charge in [-0.1, -0.05) is 0 Å². The second-order valence-corrected chi connectivity index (χ2v) is 7.41. The van der Waals surface area contributed by atoms with Crippen molar-refractivity contribution in [2.75, 3.05) is 19.8 Å². The summed E-state index contributed by atoms with van der Waals surface area (Å²) in [4.78, 5) is 10.6. The largest absolute Gasteiger partial charge is 0.482 e. The summed E-state index contributed by atoms with van der Waals surface area (Å²) >= 11 is 0. The second-order valence-electron chi connectivity index (χ2n) is 7.41. The highest BCUT2D eigenvalue weighted by atomic mass is 19.1. The van der Waals surface area contributed by atoms with E-state index < -0.39 is 6.10 Å². The number of benzene rings is 1. The first-order valence-corrected chi connectivity index (χ1v) is 9.70. The molecule has 0 fully saturated rings.